The molecule has 7 nitrogen and oxygen atoms in total. The van der Waals surface area contributed by atoms with Crippen LogP contribution in [0.25, 0.3) is 0 Å². The molecule has 0 aliphatic heterocycles. The minimum atomic E-state index is -0.394. The topological polar surface area (TPSA) is 88.7 Å². The zero-order valence-electron chi connectivity index (χ0n) is 18.9. The van der Waals surface area contributed by atoms with Crippen LogP contribution >= 0.6 is 12.2 Å². The van der Waals surface area contributed by atoms with Crippen molar-refractivity contribution in [1.29, 1.82) is 0 Å². The maximum absolute atomic E-state index is 12.3. The highest BCUT2D eigenvalue weighted by Crippen LogP contribution is 2.15. The van der Waals surface area contributed by atoms with Gasteiger partial charge in [-0.15, -0.1) is 0 Å². The lowest BCUT2D eigenvalue weighted by molar-refractivity contribution is 0.0934. The van der Waals surface area contributed by atoms with Crippen LogP contribution in [-0.2, 0) is 0 Å². The van der Waals surface area contributed by atoms with Gasteiger partial charge in [-0.3, -0.25) is 25.8 Å². The first kappa shape index (κ1) is 25.1. The van der Waals surface area contributed by atoms with Crippen LogP contribution in [-0.4, -0.2) is 29.6 Å². The molecule has 3 N–H and O–H groups in total. The molecule has 32 heavy (non-hydrogen) atoms. The number of hydrogen-bond acceptors (Lipinski definition) is 5. The van der Waals surface area contributed by atoms with E-state index < -0.39 is 5.91 Å². The van der Waals surface area contributed by atoms with E-state index in [1.54, 1.807) is 48.5 Å². The van der Waals surface area contributed by atoms with Gasteiger partial charge in [-0.2, -0.15) is 0 Å². The van der Waals surface area contributed by atoms with Crippen molar-refractivity contribution in [1.82, 2.24) is 16.2 Å². The molecule has 2 rings (SSSR count). The van der Waals surface area contributed by atoms with Crippen molar-refractivity contribution in [2.45, 2.75) is 46.6 Å². The van der Waals surface area contributed by atoms with Crippen LogP contribution in [0.15, 0.2) is 48.5 Å². The van der Waals surface area contributed by atoms with Crippen LogP contribution in [0.1, 0.15) is 61.3 Å². The number of carbonyl (C=O) groups excluding carboxylic acids is 2. The molecular formula is C24H31N3O4S. The van der Waals surface area contributed by atoms with Gasteiger partial charge in [0.1, 0.15) is 11.5 Å². The lowest BCUT2D eigenvalue weighted by Gasteiger charge is -2.13. The molecule has 2 amide bonds. The van der Waals surface area contributed by atoms with Crippen molar-refractivity contribution in [3.8, 4) is 11.5 Å². The summed E-state index contributed by atoms with van der Waals surface area (Å²) in [4.78, 5) is 24.6. The summed E-state index contributed by atoms with van der Waals surface area (Å²) in [6, 6.07) is 13.6. The zero-order valence-corrected chi connectivity index (χ0v) is 19.8. The quantitative estimate of drug-likeness (QED) is 0.386. The first-order chi connectivity index (χ1) is 15.3. The zero-order chi connectivity index (χ0) is 23.5. The molecule has 0 saturated heterocycles. The van der Waals surface area contributed by atoms with E-state index in [0.717, 1.165) is 12.8 Å². The van der Waals surface area contributed by atoms with Crippen LogP contribution in [0.4, 0.5) is 0 Å². The fraction of sp³-hybridized carbons (Fsp3) is 0.375. The van der Waals surface area contributed by atoms with Crippen molar-refractivity contribution in [3.05, 3.63) is 59.7 Å². The summed E-state index contributed by atoms with van der Waals surface area (Å²) in [5, 5.41) is 2.50. The van der Waals surface area contributed by atoms with Gasteiger partial charge in [-0.1, -0.05) is 20.8 Å². The molecule has 0 saturated carbocycles. The number of nitrogens with one attached hydrogen (secondary N) is 3. The first-order valence-electron chi connectivity index (χ1n) is 10.7. The average molecular weight is 458 g/mol. The van der Waals surface area contributed by atoms with Gasteiger partial charge in [0.05, 0.1) is 12.7 Å². The Morgan fingerprint density at radius 2 is 1.44 bits per heavy atom. The van der Waals surface area contributed by atoms with Crippen molar-refractivity contribution >= 4 is 29.1 Å². The maximum Gasteiger partial charge on any atom is 0.269 e. The third-order valence-electron chi connectivity index (χ3n) is 4.63. The average Bonchev–Trinajstić information content (AvgIpc) is 2.78. The van der Waals surface area contributed by atoms with E-state index in [4.69, 9.17) is 21.7 Å². The van der Waals surface area contributed by atoms with Gasteiger partial charge >= 0.3 is 0 Å². The molecule has 0 fully saturated rings. The van der Waals surface area contributed by atoms with Crippen LogP contribution in [0.2, 0.25) is 0 Å². The molecule has 0 aromatic heterocycles. The van der Waals surface area contributed by atoms with E-state index in [9.17, 15) is 9.59 Å². The number of hydrazine groups is 1. The predicted octanol–water partition coefficient (Wildman–Crippen LogP) is 4.24. The van der Waals surface area contributed by atoms with E-state index in [0.29, 0.717) is 35.2 Å². The fourth-order valence-corrected chi connectivity index (χ4v) is 2.65. The normalized spacial score (nSPS) is 11.4. The standard InChI is InChI=1S/C24H31N3O4S/c1-5-17(4)31-21-12-8-18(9-13-21)22(28)25-24(32)27-26-23(29)19-6-10-20(11-7-19)30-15-14-16(2)3/h6-13,16-17H,5,14-15H2,1-4H3,(H,26,29)(H2,25,27,28,32). The molecule has 2 aromatic carbocycles. The van der Waals surface area contributed by atoms with E-state index in [1.807, 2.05) is 13.8 Å². The SMILES string of the molecule is CCC(C)Oc1ccc(C(=O)NC(=S)NNC(=O)c2ccc(OCCC(C)C)cc2)cc1. The number of ether oxygens (including phenoxy) is 2. The number of benzene rings is 2. The highest BCUT2D eigenvalue weighted by molar-refractivity contribution is 7.80. The molecule has 8 heteroatoms. The molecule has 0 heterocycles. The second-order valence-corrected chi connectivity index (χ2v) is 8.19. The second-order valence-electron chi connectivity index (χ2n) is 7.78. The van der Waals surface area contributed by atoms with E-state index >= 15 is 0 Å². The lowest BCUT2D eigenvalue weighted by Crippen LogP contribution is -2.48. The molecule has 1 unspecified atom stereocenters. The molecule has 1 atom stereocenters. The second kappa shape index (κ2) is 12.7. The summed E-state index contributed by atoms with van der Waals surface area (Å²) in [6.45, 7) is 8.92. The van der Waals surface area contributed by atoms with Gasteiger partial charge in [-0.05, 0) is 86.4 Å². The van der Waals surface area contributed by atoms with Gasteiger partial charge in [-0.25, -0.2) is 0 Å². The highest BCUT2D eigenvalue weighted by Gasteiger charge is 2.11. The van der Waals surface area contributed by atoms with Crippen molar-refractivity contribution in [2.75, 3.05) is 6.61 Å². The summed E-state index contributed by atoms with van der Waals surface area (Å²) in [7, 11) is 0. The van der Waals surface area contributed by atoms with Gasteiger partial charge in [0, 0.05) is 11.1 Å². The van der Waals surface area contributed by atoms with E-state index in [-0.39, 0.29) is 17.1 Å². The Kier molecular flexibility index (Phi) is 9.94. The van der Waals surface area contributed by atoms with Crippen LogP contribution in [0.3, 0.4) is 0 Å². The molecule has 0 radical (unpaired) electrons. The lowest BCUT2D eigenvalue weighted by atomic mass is 10.1. The summed E-state index contributed by atoms with van der Waals surface area (Å²) < 4.78 is 11.3. The summed E-state index contributed by atoms with van der Waals surface area (Å²) in [6.07, 6.45) is 1.96. The molecule has 2 aromatic rings. The summed E-state index contributed by atoms with van der Waals surface area (Å²) in [5.74, 6) is 1.19. The number of amides is 2. The summed E-state index contributed by atoms with van der Waals surface area (Å²) >= 11 is 5.08. The van der Waals surface area contributed by atoms with Crippen molar-refractivity contribution in [2.24, 2.45) is 5.92 Å². The Morgan fingerprint density at radius 1 is 0.875 bits per heavy atom. The Balaban J connectivity index is 1.78. The fourth-order valence-electron chi connectivity index (χ4n) is 2.51. The van der Waals surface area contributed by atoms with Crippen molar-refractivity contribution < 1.29 is 19.1 Å². The Hall–Kier alpha value is -3.13. The van der Waals surface area contributed by atoms with Crippen LogP contribution < -0.4 is 25.6 Å². The Labute approximate surface area is 194 Å². The smallest absolute Gasteiger partial charge is 0.269 e. The van der Waals surface area contributed by atoms with Crippen LogP contribution in [0, 0.1) is 5.92 Å². The largest absolute Gasteiger partial charge is 0.494 e. The van der Waals surface area contributed by atoms with Gasteiger partial charge < -0.3 is 9.47 Å². The van der Waals surface area contributed by atoms with Crippen molar-refractivity contribution in [3.63, 3.8) is 0 Å². The first-order valence-corrected chi connectivity index (χ1v) is 11.1. The molecule has 0 bridgehead atoms. The Bertz CT molecular complexity index is 898. The molecule has 0 spiro atoms. The summed E-state index contributed by atoms with van der Waals surface area (Å²) in [5.41, 5.74) is 5.85. The predicted molar refractivity (Wildman–Crippen MR) is 129 cm³/mol. The molecule has 0 aliphatic carbocycles. The molecule has 172 valence electrons. The Morgan fingerprint density at radius 3 is 2.00 bits per heavy atom. The minimum absolute atomic E-state index is 0.0167. The number of hydrogen-bond donors (Lipinski definition) is 3. The van der Waals surface area contributed by atoms with Gasteiger partial charge in [0.15, 0.2) is 5.11 Å². The number of rotatable bonds is 9. The third kappa shape index (κ3) is 8.55. The van der Waals surface area contributed by atoms with Gasteiger partial charge in [0.25, 0.3) is 11.8 Å². The van der Waals surface area contributed by atoms with Gasteiger partial charge in [0.2, 0.25) is 0 Å². The third-order valence-corrected chi connectivity index (χ3v) is 4.83. The molecule has 0 aliphatic rings. The maximum atomic E-state index is 12.3. The monoisotopic (exact) mass is 457 g/mol. The number of carbonyl (C=O) groups is 2. The number of thiocarbonyl (C=S) groups is 1. The van der Waals surface area contributed by atoms with E-state index in [2.05, 4.69) is 30.0 Å². The van der Waals surface area contributed by atoms with E-state index in [1.165, 1.54) is 0 Å². The molecular weight excluding hydrogens is 426 g/mol. The minimum Gasteiger partial charge on any atom is -0.494 e. The highest BCUT2D eigenvalue weighted by atomic mass is 32.1. The van der Waals surface area contributed by atoms with Crippen LogP contribution in [0.5, 0.6) is 11.5 Å².